The Hall–Kier alpha value is -3.32. The molecular weight excluding hydrogens is 504 g/mol. The van der Waals surface area contributed by atoms with Gasteiger partial charge in [0, 0.05) is 21.7 Å². The van der Waals surface area contributed by atoms with Crippen LogP contribution in [0.15, 0.2) is 42.5 Å². The van der Waals surface area contributed by atoms with Crippen molar-refractivity contribution in [1.29, 1.82) is 0 Å². The Morgan fingerprint density at radius 1 is 1.05 bits per heavy atom. The fourth-order valence-corrected chi connectivity index (χ4v) is 4.35. The second kappa shape index (κ2) is 12.0. The van der Waals surface area contributed by atoms with E-state index in [1.54, 1.807) is 48.1 Å². The second-order valence-corrected chi connectivity index (χ2v) is 11.5. The maximum atomic E-state index is 13.5. The van der Waals surface area contributed by atoms with Crippen LogP contribution in [0.5, 0.6) is 5.75 Å². The fraction of sp³-hybridized carbons (Fsp3) is 0.433. The molecule has 0 saturated carbocycles. The van der Waals surface area contributed by atoms with E-state index in [4.69, 9.17) is 21.1 Å². The Kier molecular flexibility index (Phi) is 9.26. The number of esters is 1. The molecule has 7 nitrogen and oxygen atoms in total. The van der Waals surface area contributed by atoms with E-state index in [9.17, 15) is 14.4 Å². The van der Waals surface area contributed by atoms with Gasteiger partial charge in [-0.15, -0.1) is 0 Å². The lowest BCUT2D eigenvalue weighted by atomic mass is 9.93. The van der Waals surface area contributed by atoms with Crippen LogP contribution in [0.1, 0.15) is 62.7 Å². The van der Waals surface area contributed by atoms with Gasteiger partial charge in [0.05, 0.1) is 25.7 Å². The Morgan fingerprint density at radius 3 is 2.29 bits per heavy atom. The highest BCUT2D eigenvalue weighted by molar-refractivity contribution is 6.30. The van der Waals surface area contributed by atoms with Gasteiger partial charge in [-0.05, 0) is 72.7 Å². The maximum absolute atomic E-state index is 13.5. The number of halogens is 1. The zero-order valence-corrected chi connectivity index (χ0v) is 23.9. The van der Waals surface area contributed by atoms with Crippen LogP contribution in [0.25, 0.3) is 10.9 Å². The first-order valence-electron chi connectivity index (χ1n) is 12.8. The van der Waals surface area contributed by atoms with Gasteiger partial charge in [-0.25, -0.2) is 4.79 Å². The minimum absolute atomic E-state index is 0.0190. The van der Waals surface area contributed by atoms with E-state index in [-0.39, 0.29) is 29.6 Å². The molecule has 8 heteroatoms. The number of benzene rings is 2. The maximum Gasteiger partial charge on any atom is 0.328 e. The predicted molar refractivity (Wildman–Crippen MR) is 150 cm³/mol. The van der Waals surface area contributed by atoms with Crippen molar-refractivity contribution in [3.8, 4) is 5.75 Å². The van der Waals surface area contributed by atoms with Gasteiger partial charge in [0.1, 0.15) is 11.8 Å². The Morgan fingerprint density at radius 2 is 1.71 bits per heavy atom. The highest BCUT2D eigenvalue weighted by atomic mass is 35.5. The molecule has 0 unspecified atom stereocenters. The van der Waals surface area contributed by atoms with Gasteiger partial charge >= 0.3 is 5.97 Å². The molecule has 3 aromatic rings. The number of nitrogens with zero attached hydrogens (tertiary/aromatic N) is 1. The first-order valence-corrected chi connectivity index (χ1v) is 13.1. The molecule has 3 rings (SSSR count). The molecule has 0 aliphatic heterocycles. The predicted octanol–water partition coefficient (Wildman–Crippen LogP) is 5.96. The summed E-state index contributed by atoms with van der Waals surface area (Å²) in [7, 11) is 1.56. The summed E-state index contributed by atoms with van der Waals surface area (Å²) in [6.45, 7) is 12.1. The normalized spacial score (nSPS) is 12.4. The van der Waals surface area contributed by atoms with Crippen LogP contribution >= 0.6 is 11.6 Å². The van der Waals surface area contributed by atoms with Crippen molar-refractivity contribution >= 4 is 40.3 Å². The van der Waals surface area contributed by atoms with Crippen LogP contribution in [-0.2, 0) is 20.7 Å². The summed E-state index contributed by atoms with van der Waals surface area (Å²) in [5.41, 5.74) is 2.49. The Labute approximate surface area is 229 Å². The average Bonchev–Trinajstić information content (AvgIpc) is 3.11. The Bertz CT molecular complexity index is 1320. The molecule has 1 aromatic heterocycles. The first kappa shape index (κ1) is 29.2. The molecule has 2 aromatic carbocycles. The van der Waals surface area contributed by atoms with E-state index in [2.05, 4.69) is 26.1 Å². The molecule has 0 aliphatic carbocycles. The fourth-order valence-electron chi connectivity index (χ4n) is 4.23. The number of hydrogen-bond acceptors (Lipinski definition) is 5. The van der Waals surface area contributed by atoms with Crippen molar-refractivity contribution in [1.82, 2.24) is 9.88 Å². The van der Waals surface area contributed by atoms with Crippen molar-refractivity contribution in [3.63, 3.8) is 0 Å². The number of ether oxygens (including phenoxy) is 2. The van der Waals surface area contributed by atoms with Gasteiger partial charge in [-0.1, -0.05) is 46.2 Å². The minimum Gasteiger partial charge on any atom is -0.497 e. The molecule has 0 aliphatic rings. The van der Waals surface area contributed by atoms with Crippen LogP contribution in [0.4, 0.5) is 0 Å². The van der Waals surface area contributed by atoms with Crippen molar-refractivity contribution in [2.75, 3.05) is 13.7 Å². The Balaban J connectivity index is 1.90. The number of aromatic nitrogens is 1. The zero-order valence-electron chi connectivity index (χ0n) is 23.2. The number of rotatable bonds is 9. The smallest absolute Gasteiger partial charge is 0.328 e. The van der Waals surface area contributed by atoms with Crippen LogP contribution in [0.2, 0.25) is 5.02 Å². The zero-order chi connectivity index (χ0) is 28.2. The van der Waals surface area contributed by atoms with E-state index in [1.165, 1.54) is 0 Å². The monoisotopic (exact) mass is 540 g/mol. The third kappa shape index (κ3) is 6.95. The lowest BCUT2D eigenvalue weighted by Gasteiger charge is -2.23. The summed E-state index contributed by atoms with van der Waals surface area (Å²) in [5.74, 6) is -0.562. The van der Waals surface area contributed by atoms with Crippen molar-refractivity contribution in [2.45, 2.75) is 60.4 Å². The third-order valence-electron chi connectivity index (χ3n) is 6.51. The van der Waals surface area contributed by atoms with E-state index < -0.39 is 12.0 Å². The highest BCUT2D eigenvalue weighted by Gasteiger charge is 2.28. The van der Waals surface area contributed by atoms with E-state index in [0.717, 1.165) is 11.8 Å². The largest absolute Gasteiger partial charge is 0.497 e. The lowest BCUT2D eigenvalue weighted by molar-refractivity contribution is -0.149. The van der Waals surface area contributed by atoms with Gasteiger partial charge in [-0.2, -0.15) is 0 Å². The highest BCUT2D eigenvalue weighted by Crippen LogP contribution is 2.31. The van der Waals surface area contributed by atoms with Crippen LogP contribution in [0.3, 0.4) is 0 Å². The summed E-state index contributed by atoms with van der Waals surface area (Å²) >= 11 is 6.01. The summed E-state index contributed by atoms with van der Waals surface area (Å²) in [5, 5.41) is 4.12. The first-order chi connectivity index (χ1) is 17.8. The van der Waals surface area contributed by atoms with Crippen molar-refractivity contribution < 1.29 is 23.9 Å². The molecular formula is C30H37ClN2O5. The van der Waals surface area contributed by atoms with Gasteiger partial charge in [0.2, 0.25) is 5.91 Å². The summed E-state index contributed by atoms with van der Waals surface area (Å²) in [6.07, 6.45) is 0.703. The van der Waals surface area contributed by atoms with Crippen LogP contribution < -0.4 is 10.1 Å². The second-order valence-electron chi connectivity index (χ2n) is 11.0. The summed E-state index contributed by atoms with van der Waals surface area (Å²) in [6, 6.07) is 11.3. The van der Waals surface area contributed by atoms with Crippen LogP contribution in [-0.4, -0.2) is 42.1 Å². The topological polar surface area (TPSA) is 86.6 Å². The molecule has 1 amide bonds. The molecule has 0 bridgehead atoms. The van der Waals surface area contributed by atoms with Crippen molar-refractivity contribution in [3.05, 3.63) is 64.3 Å². The standard InChI is InChI=1S/C30H37ClN2O5/c1-18(2)27(29(36)38-15-14-30(4,5)6)32-26(34)17-23-19(3)33(25-13-12-22(37-7)16-24(23)25)28(35)20-8-10-21(31)11-9-20/h8-13,16,18,27H,14-15,17H2,1-7H3,(H,32,34)/t27-/m0/s1. The van der Waals surface area contributed by atoms with E-state index in [1.807, 2.05) is 26.8 Å². The minimum atomic E-state index is -0.777. The average molecular weight is 541 g/mol. The summed E-state index contributed by atoms with van der Waals surface area (Å²) in [4.78, 5) is 39.5. The van der Waals surface area contributed by atoms with Crippen molar-refractivity contribution in [2.24, 2.45) is 11.3 Å². The number of amides is 1. The quantitative estimate of drug-likeness (QED) is 0.338. The number of fused-ring (bicyclic) bond motifs is 1. The molecule has 0 radical (unpaired) electrons. The molecule has 38 heavy (non-hydrogen) atoms. The molecule has 0 spiro atoms. The number of carbonyl (C=O) groups is 3. The number of carbonyl (C=O) groups excluding carboxylic acids is 3. The number of hydrogen-bond donors (Lipinski definition) is 1. The van der Waals surface area contributed by atoms with Gasteiger partial charge in [0.15, 0.2) is 0 Å². The molecule has 0 saturated heterocycles. The van der Waals surface area contributed by atoms with Gasteiger partial charge < -0.3 is 14.8 Å². The van der Waals surface area contributed by atoms with Gasteiger partial charge in [-0.3, -0.25) is 14.2 Å². The SMILES string of the molecule is COc1ccc2c(c1)c(CC(=O)N[C@H](C(=O)OCCC(C)(C)C)C(C)C)c(C)n2C(=O)c1ccc(Cl)cc1. The van der Waals surface area contributed by atoms with E-state index in [0.29, 0.717) is 39.7 Å². The van der Waals surface area contributed by atoms with Crippen LogP contribution in [0, 0.1) is 18.3 Å². The lowest BCUT2D eigenvalue weighted by Crippen LogP contribution is -2.46. The van der Waals surface area contributed by atoms with Gasteiger partial charge in [0.25, 0.3) is 5.91 Å². The van der Waals surface area contributed by atoms with E-state index >= 15 is 0 Å². The molecule has 1 heterocycles. The number of methoxy groups -OCH3 is 1. The third-order valence-corrected chi connectivity index (χ3v) is 6.76. The molecule has 1 atom stereocenters. The molecule has 1 N–H and O–H groups in total. The number of nitrogens with one attached hydrogen (secondary N) is 1. The summed E-state index contributed by atoms with van der Waals surface area (Å²) < 4.78 is 12.5. The molecule has 204 valence electrons. The molecule has 0 fully saturated rings.